The average molecular weight is 383 g/mol. The van der Waals surface area contributed by atoms with Crippen molar-refractivity contribution in [2.75, 3.05) is 33.9 Å². The van der Waals surface area contributed by atoms with Crippen LogP contribution < -0.4 is 10.6 Å². The van der Waals surface area contributed by atoms with Crippen molar-refractivity contribution in [1.82, 2.24) is 10.6 Å². The second-order valence-electron chi connectivity index (χ2n) is 5.17. The molecular weight excluding hydrogens is 353 g/mol. The molecule has 1 aliphatic rings. The molecule has 4 nitrogen and oxygen atoms in total. The van der Waals surface area contributed by atoms with E-state index in [1.54, 1.807) is 7.11 Å². The van der Waals surface area contributed by atoms with Gasteiger partial charge in [0.05, 0.1) is 6.61 Å². The minimum absolute atomic E-state index is 0. The maximum absolute atomic E-state index is 5.01. The standard InChI is InChI=1S/C14H29N3O.HI/c1-4-12-5-7-13(8-6-12)11-17-14(15-2)16-9-10-18-3;/h12-13H,4-11H2,1-3H3,(H2,15,16,17);1H. The molecule has 0 spiro atoms. The summed E-state index contributed by atoms with van der Waals surface area (Å²) in [5.41, 5.74) is 0. The van der Waals surface area contributed by atoms with Gasteiger partial charge in [0.2, 0.25) is 0 Å². The minimum atomic E-state index is 0. The van der Waals surface area contributed by atoms with Crippen LogP contribution in [0.1, 0.15) is 39.0 Å². The lowest BCUT2D eigenvalue weighted by atomic mass is 9.81. The number of hydrogen-bond acceptors (Lipinski definition) is 2. The van der Waals surface area contributed by atoms with Crippen molar-refractivity contribution < 1.29 is 4.74 Å². The number of nitrogens with one attached hydrogen (secondary N) is 2. The molecule has 0 aromatic heterocycles. The Balaban J connectivity index is 0.00000324. The molecule has 0 bridgehead atoms. The Hall–Kier alpha value is -0.0400. The largest absolute Gasteiger partial charge is 0.383 e. The van der Waals surface area contributed by atoms with Crippen molar-refractivity contribution in [3.8, 4) is 0 Å². The molecule has 0 atom stereocenters. The predicted octanol–water partition coefficient (Wildman–Crippen LogP) is 2.63. The lowest BCUT2D eigenvalue weighted by Gasteiger charge is -2.28. The highest BCUT2D eigenvalue weighted by atomic mass is 127. The molecule has 0 saturated heterocycles. The van der Waals surface area contributed by atoms with E-state index in [-0.39, 0.29) is 24.0 Å². The van der Waals surface area contributed by atoms with Crippen molar-refractivity contribution in [3.63, 3.8) is 0 Å². The topological polar surface area (TPSA) is 45.7 Å². The molecule has 1 aliphatic carbocycles. The Morgan fingerprint density at radius 1 is 1.16 bits per heavy atom. The zero-order valence-corrected chi connectivity index (χ0v) is 14.9. The van der Waals surface area contributed by atoms with Gasteiger partial charge in [-0.3, -0.25) is 4.99 Å². The quantitative estimate of drug-likeness (QED) is 0.321. The predicted molar refractivity (Wildman–Crippen MR) is 92.4 cm³/mol. The van der Waals surface area contributed by atoms with Gasteiger partial charge in [0.25, 0.3) is 0 Å². The molecule has 1 fully saturated rings. The third kappa shape index (κ3) is 7.97. The first-order valence-corrected chi connectivity index (χ1v) is 7.23. The van der Waals surface area contributed by atoms with E-state index in [0.29, 0.717) is 6.61 Å². The molecule has 0 aromatic rings. The van der Waals surface area contributed by atoms with Crippen LogP contribution in [0.15, 0.2) is 4.99 Å². The van der Waals surface area contributed by atoms with Crippen LogP contribution in [-0.4, -0.2) is 39.8 Å². The molecule has 0 aromatic carbocycles. The smallest absolute Gasteiger partial charge is 0.191 e. The number of nitrogens with zero attached hydrogens (tertiary/aromatic N) is 1. The van der Waals surface area contributed by atoms with Gasteiger partial charge in [0.15, 0.2) is 5.96 Å². The average Bonchev–Trinajstić information content (AvgIpc) is 2.43. The fourth-order valence-corrected chi connectivity index (χ4v) is 2.58. The van der Waals surface area contributed by atoms with Crippen LogP contribution >= 0.6 is 24.0 Å². The van der Waals surface area contributed by atoms with Crippen LogP contribution in [0, 0.1) is 11.8 Å². The van der Waals surface area contributed by atoms with Gasteiger partial charge in [-0.25, -0.2) is 0 Å². The molecule has 0 aliphatic heterocycles. The molecule has 0 unspecified atom stereocenters. The lowest BCUT2D eigenvalue weighted by Crippen LogP contribution is -2.41. The highest BCUT2D eigenvalue weighted by molar-refractivity contribution is 14.0. The molecule has 2 N–H and O–H groups in total. The van der Waals surface area contributed by atoms with Crippen molar-refractivity contribution in [1.29, 1.82) is 0 Å². The SMILES string of the molecule is CCC1CCC(CNC(=NC)NCCOC)CC1.I. The summed E-state index contributed by atoms with van der Waals surface area (Å²) in [6.45, 7) is 4.87. The number of hydrogen-bond donors (Lipinski definition) is 2. The Morgan fingerprint density at radius 3 is 2.32 bits per heavy atom. The van der Waals surface area contributed by atoms with E-state index in [1.807, 2.05) is 7.05 Å². The first-order chi connectivity index (χ1) is 8.80. The highest BCUT2D eigenvalue weighted by Crippen LogP contribution is 2.29. The maximum atomic E-state index is 5.01. The molecule has 114 valence electrons. The summed E-state index contributed by atoms with van der Waals surface area (Å²) in [4.78, 5) is 4.21. The van der Waals surface area contributed by atoms with E-state index >= 15 is 0 Å². The number of rotatable bonds is 6. The highest BCUT2D eigenvalue weighted by Gasteiger charge is 2.19. The zero-order valence-electron chi connectivity index (χ0n) is 12.6. The van der Waals surface area contributed by atoms with Gasteiger partial charge >= 0.3 is 0 Å². The van der Waals surface area contributed by atoms with Crippen molar-refractivity contribution in [3.05, 3.63) is 0 Å². The van der Waals surface area contributed by atoms with Crippen LogP contribution in [0.25, 0.3) is 0 Å². The molecule has 19 heavy (non-hydrogen) atoms. The third-order valence-corrected chi connectivity index (χ3v) is 3.92. The fourth-order valence-electron chi connectivity index (χ4n) is 2.58. The Morgan fingerprint density at radius 2 is 1.79 bits per heavy atom. The van der Waals surface area contributed by atoms with Gasteiger partial charge in [-0.1, -0.05) is 26.2 Å². The summed E-state index contributed by atoms with van der Waals surface area (Å²) >= 11 is 0. The first kappa shape index (κ1) is 19.0. The monoisotopic (exact) mass is 383 g/mol. The van der Waals surface area contributed by atoms with E-state index < -0.39 is 0 Å². The normalized spacial score (nSPS) is 23.6. The number of ether oxygens (including phenoxy) is 1. The molecule has 0 amide bonds. The van der Waals surface area contributed by atoms with Gasteiger partial charge < -0.3 is 15.4 Å². The number of guanidine groups is 1. The second kappa shape index (κ2) is 11.8. The van der Waals surface area contributed by atoms with Gasteiger partial charge in [-0.15, -0.1) is 24.0 Å². The maximum Gasteiger partial charge on any atom is 0.191 e. The summed E-state index contributed by atoms with van der Waals surface area (Å²) in [7, 11) is 3.53. The van der Waals surface area contributed by atoms with Gasteiger partial charge in [0.1, 0.15) is 0 Å². The summed E-state index contributed by atoms with van der Waals surface area (Å²) in [5.74, 6) is 2.68. The van der Waals surface area contributed by atoms with E-state index in [4.69, 9.17) is 4.74 Å². The van der Waals surface area contributed by atoms with Crippen molar-refractivity contribution in [2.24, 2.45) is 16.8 Å². The van der Waals surface area contributed by atoms with E-state index in [1.165, 1.54) is 32.1 Å². The van der Waals surface area contributed by atoms with Gasteiger partial charge in [-0.05, 0) is 24.7 Å². The molecule has 0 heterocycles. The Bertz CT molecular complexity index is 241. The fraction of sp³-hybridized carbons (Fsp3) is 0.929. The minimum Gasteiger partial charge on any atom is -0.383 e. The van der Waals surface area contributed by atoms with E-state index in [2.05, 4.69) is 22.5 Å². The summed E-state index contributed by atoms with van der Waals surface area (Å²) in [6, 6.07) is 0. The molecule has 5 heteroatoms. The van der Waals surface area contributed by atoms with Gasteiger partial charge in [0, 0.05) is 27.2 Å². The first-order valence-electron chi connectivity index (χ1n) is 7.23. The molecular formula is C14H30IN3O. The molecule has 1 rings (SSSR count). The summed E-state index contributed by atoms with van der Waals surface area (Å²) in [5, 5.41) is 6.66. The van der Waals surface area contributed by atoms with Crippen LogP contribution in [0.2, 0.25) is 0 Å². The zero-order chi connectivity index (χ0) is 13.2. The third-order valence-electron chi connectivity index (χ3n) is 3.92. The van der Waals surface area contributed by atoms with Gasteiger partial charge in [-0.2, -0.15) is 0 Å². The van der Waals surface area contributed by atoms with Crippen molar-refractivity contribution in [2.45, 2.75) is 39.0 Å². The summed E-state index contributed by atoms with van der Waals surface area (Å²) in [6.07, 6.45) is 6.87. The van der Waals surface area contributed by atoms with E-state index in [9.17, 15) is 0 Å². The van der Waals surface area contributed by atoms with Crippen LogP contribution in [0.5, 0.6) is 0 Å². The Kier molecular flexibility index (Phi) is 11.7. The Labute approximate surface area is 135 Å². The lowest BCUT2D eigenvalue weighted by molar-refractivity contribution is 0.203. The molecule has 0 radical (unpaired) electrons. The van der Waals surface area contributed by atoms with Crippen molar-refractivity contribution >= 4 is 29.9 Å². The van der Waals surface area contributed by atoms with Crippen LogP contribution in [0.4, 0.5) is 0 Å². The summed E-state index contributed by atoms with van der Waals surface area (Å²) < 4.78 is 5.01. The van der Waals surface area contributed by atoms with Crippen LogP contribution in [-0.2, 0) is 4.74 Å². The molecule has 1 saturated carbocycles. The van der Waals surface area contributed by atoms with E-state index in [0.717, 1.165) is 30.9 Å². The number of methoxy groups -OCH3 is 1. The second-order valence-corrected chi connectivity index (χ2v) is 5.17. The number of aliphatic imine (C=N–C) groups is 1. The van der Waals surface area contributed by atoms with Crippen LogP contribution in [0.3, 0.4) is 0 Å². The number of halogens is 1.